The summed E-state index contributed by atoms with van der Waals surface area (Å²) in [5.74, 6) is 0.0463. The first-order chi connectivity index (χ1) is 11.5. The topological polar surface area (TPSA) is 93.8 Å². The lowest BCUT2D eigenvalue weighted by molar-refractivity contribution is -0.384. The number of nitro groups is 1. The van der Waals surface area contributed by atoms with Gasteiger partial charge in [0.2, 0.25) is 0 Å². The second kappa shape index (κ2) is 8.07. The molecular weight excluding hydrogens is 334 g/mol. The largest absolute Gasteiger partial charge is 0.484 e. The van der Waals surface area contributed by atoms with Gasteiger partial charge in [-0.25, -0.2) is 5.43 Å². The lowest BCUT2D eigenvalue weighted by Gasteiger charge is -2.06. The number of benzene rings is 2. The third kappa shape index (κ3) is 5.06. The Balaban J connectivity index is 1.89. The second-order valence-electron chi connectivity index (χ2n) is 4.78. The fourth-order valence-corrected chi connectivity index (χ4v) is 1.95. The predicted molar refractivity (Wildman–Crippen MR) is 90.4 cm³/mol. The molecule has 0 saturated carbocycles. The number of hydrogen-bond acceptors (Lipinski definition) is 5. The van der Waals surface area contributed by atoms with Crippen molar-refractivity contribution < 1.29 is 14.5 Å². The summed E-state index contributed by atoms with van der Waals surface area (Å²) in [6.45, 7) is 1.47. The van der Waals surface area contributed by atoms with Crippen molar-refractivity contribution in [3.63, 3.8) is 0 Å². The summed E-state index contributed by atoms with van der Waals surface area (Å²) in [7, 11) is 0. The van der Waals surface area contributed by atoms with Gasteiger partial charge in [-0.1, -0.05) is 17.7 Å². The van der Waals surface area contributed by atoms with Gasteiger partial charge in [0.15, 0.2) is 6.61 Å². The quantitative estimate of drug-likeness (QED) is 0.493. The molecule has 2 aromatic rings. The Morgan fingerprint density at radius 1 is 1.29 bits per heavy atom. The zero-order valence-electron chi connectivity index (χ0n) is 12.7. The monoisotopic (exact) mass is 347 g/mol. The molecule has 0 saturated heterocycles. The molecule has 0 aliphatic rings. The highest BCUT2D eigenvalue weighted by Gasteiger charge is 2.06. The highest BCUT2D eigenvalue weighted by molar-refractivity contribution is 6.30. The average Bonchev–Trinajstić information content (AvgIpc) is 2.58. The molecule has 124 valence electrons. The Kier molecular flexibility index (Phi) is 5.86. The molecule has 0 radical (unpaired) electrons. The highest BCUT2D eigenvalue weighted by Crippen LogP contribution is 2.16. The highest BCUT2D eigenvalue weighted by atomic mass is 35.5. The summed E-state index contributed by atoms with van der Waals surface area (Å²) in [5.41, 5.74) is 3.53. The van der Waals surface area contributed by atoms with Gasteiger partial charge in [-0.3, -0.25) is 14.9 Å². The zero-order chi connectivity index (χ0) is 17.5. The predicted octanol–water partition coefficient (Wildman–Crippen LogP) is 3.17. The molecule has 24 heavy (non-hydrogen) atoms. The van der Waals surface area contributed by atoms with Gasteiger partial charge < -0.3 is 4.74 Å². The number of ether oxygens (including phenoxy) is 1. The van der Waals surface area contributed by atoms with Crippen LogP contribution >= 0.6 is 11.6 Å². The first-order valence-electron chi connectivity index (χ1n) is 6.92. The number of carbonyl (C=O) groups is 1. The first kappa shape index (κ1) is 17.4. The SMILES string of the molecule is C/C(=N/NC(=O)COc1cccc(Cl)c1)c1ccc([N+](=O)[O-])cc1. The smallest absolute Gasteiger partial charge is 0.277 e. The van der Waals surface area contributed by atoms with Crippen LogP contribution < -0.4 is 10.2 Å². The summed E-state index contributed by atoms with van der Waals surface area (Å²) in [5, 5.41) is 15.1. The number of amides is 1. The van der Waals surface area contributed by atoms with Crippen molar-refractivity contribution in [2.75, 3.05) is 6.61 Å². The van der Waals surface area contributed by atoms with Crippen LogP contribution in [0.25, 0.3) is 0 Å². The van der Waals surface area contributed by atoms with Gasteiger partial charge >= 0.3 is 0 Å². The molecule has 8 heteroatoms. The minimum atomic E-state index is -0.481. The van der Waals surface area contributed by atoms with E-state index in [0.717, 1.165) is 0 Å². The van der Waals surface area contributed by atoms with Crippen LogP contribution in [0.3, 0.4) is 0 Å². The number of nitro benzene ring substituents is 1. The first-order valence-corrected chi connectivity index (χ1v) is 7.30. The van der Waals surface area contributed by atoms with Crippen molar-refractivity contribution in [1.82, 2.24) is 5.43 Å². The fraction of sp³-hybridized carbons (Fsp3) is 0.125. The van der Waals surface area contributed by atoms with E-state index < -0.39 is 10.8 Å². The summed E-state index contributed by atoms with van der Waals surface area (Å²) >= 11 is 5.82. The van der Waals surface area contributed by atoms with E-state index >= 15 is 0 Å². The van der Waals surface area contributed by atoms with Crippen molar-refractivity contribution in [3.8, 4) is 5.75 Å². The molecule has 0 spiro atoms. The van der Waals surface area contributed by atoms with Crippen molar-refractivity contribution in [1.29, 1.82) is 0 Å². The normalized spacial score (nSPS) is 11.0. The number of nitrogens with zero attached hydrogens (tertiary/aromatic N) is 2. The van der Waals surface area contributed by atoms with E-state index in [1.165, 1.54) is 12.1 Å². The van der Waals surface area contributed by atoms with E-state index in [1.807, 2.05) is 0 Å². The van der Waals surface area contributed by atoms with Gasteiger partial charge in [-0.2, -0.15) is 5.10 Å². The number of hydrogen-bond donors (Lipinski definition) is 1. The molecular formula is C16H14ClN3O4. The minimum Gasteiger partial charge on any atom is -0.484 e. The molecule has 0 heterocycles. The van der Waals surface area contributed by atoms with Gasteiger partial charge in [-0.05, 0) is 42.8 Å². The van der Waals surface area contributed by atoms with Crippen LogP contribution in [0, 0.1) is 10.1 Å². The van der Waals surface area contributed by atoms with E-state index in [1.54, 1.807) is 43.3 Å². The van der Waals surface area contributed by atoms with E-state index in [9.17, 15) is 14.9 Å². The molecule has 0 aliphatic carbocycles. The molecule has 1 amide bonds. The van der Waals surface area contributed by atoms with Gasteiger partial charge in [0, 0.05) is 17.2 Å². The van der Waals surface area contributed by atoms with Gasteiger partial charge in [-0.15, -0.1) is 0 Å². The number of rotatable bonds is 6. The maximum Gasteiger partial charge on any atom is 0.277 e. The van der Waals surface area contributed by atoms with E-state index in [0.29, 0.717) is 22.0 Å². The standard InChI is InChI=1S/C16H14ClN3O4/c1-11(12-5-7-14(8-6-12)20(22)23)18-19-16(21)10-24-15-4-2-3-13(17)9-15/h2-9H,10H2,1H3,(H,19,21)/b18-11-. The van der Waals surface area contributed by atoms with E-state index in [4.69, 9.17) is 16.3 Å². The summed E-state index contributed by atoms with van der Waals surface area (Å²) < 4.78 is 5.29. The van der Waals surface area contributed by atoms with Crippen molar-refractivity contribution in [3.05, 3.63) is 69.2 Å². The Bertz CT molecular complexity index is 775. The Morgan fingerprint density at radius 3 is 2.62 bits per heavy atom. The van der Waals surface area contributed by atoms with Crippen LogP contribution in [0.2, 0.25) is 5.02 Å². The van der Waals surface area contributed by atoms with Crippen molar-refractivity contribution in [2.24, 2.45) is 5.10 Å². The molecule has 0 fully saturated rings. The molecule has 0 unspecified atom stereocenters. The van der Waals surface area contributed by atoms with Gasteiger partial charge in [0.1, 0.15) is 5.75 Å². The minimum absolute atomic E-state index is 0.00879. The molecule has 0 aliphatic heterocycles. The van der Waals surface area contributed by atoms with Gasteiger partial charge in [0.25, 0.3) is 11.6 Å². The Hall–Kier alpha value is -2.93. The van der Waals surface area contributed by atoms with E-state index in [2.05, 4.69) is 10.5 Å². The average molecular weight is 348 g/mol. The number of non-ortho nitro benzene ring substituents is 1. The second-order valence-corrected chi connectivity index (χ2v) is 5.22. The third-order valence-electron chi connectivity index (χ3n) is 3.01. The molecule has 7 nitrogen and oxygen atoms in total. The molecule has 0 bridgehead atoms. The van der Waals surface area contributed by atoms with Crippen LogP contribution in [0.4, 0.5) is 5.69 Å². The number of hydrazone groups is 1. The van der Waals surface area contributed by atoms with Crippen LogP contribution in [0.1, 0.15) is 12.5 Å². The number of nitrogens with one attached hydrogen (secondary N) is 1. The van der Waals surface area contributed by atoms with Crippen molar-refractivity contribution in [2.45, 2.75) is 6.92 Å². The Morgan fingerprint density at radius 2 is 2.00 bits per heavy atom. The molecule has 0 aromatic heterocycles. The van der Waals surface area contributed by atoms with Crippen LogP contribution in [0.15, 0.2) is 53.6 Å². The van der Waals surface area contributed by atoms with Crippen LogP contribution in [0.5, 0.6) is 5.75 Å². The molecule has 2 aromatic carbocycles. The summed E-state index contributed by atoms with van der Waals surface area (Å²) in [6.07, 6.45) is 0. The molecule has 0 atom stereocenters. The fourth-order valence-electron chi connectivity index (χ4n) is 1.77. The van der Waals surface area contributed by atoms with E-state index in [-0.39, 0.29) is 12.3 Å². The summed E-state index contributed by atoms with van der Waals surface area (Å²) in [4.78, 5) is 21.8. The zero-order valence-corrected chi connectivity index (χ0v) is 13.5. The van der Waals surface area contributed by atoms with Crippen LogP contribution in [-0.2, 0) is 4.79 Å². The third-order valence-corrected chi connectivity index (χ3v) is 3.25. The maximum atomic E-state index is 11.7. The van der Waals surface area contributed by atoms with Crippen LogP contribution in [-0.4, -0.2) is 23.1 Å². The Labute approximate surface area is 143 Å². The van der Waals surface area contributed by atoms with Gasteiger partial charge in [0.05, 0.1) is 10.6 Å². The lowest BCUT2D eigenvalue weighted by Crippen LogP contribution is -2.25. The number of halogens is 1. The maximum absolute atomic E-state index is 11.7. The lowest BCUT2D eigenvalue weighted by atomic mass is 10.1. The molecule has 1 N–H and O–H groups in total. The summed E-state index contributed by atoms with van der Waals surface area (Å²) in [6, 6.07) is 12.6. The number of carbonyl (C=O) groups excluding carboxylic acids is 1. The van der Waals surface area contributed by atoms with Crippen molar-refractivity contribution >= 4 is 28.9 Å². The molecule has 2 rings (SSSR count).